The summed E-state index contributed by atoms with van der Waals surface area (Å²) in [7, 11) is 0. The van der Waals surface area contributed by atoms with E-state index in [0.717, 1.165) is 37.4 Å². The summed E-state index contributed by atoms with van der Waals surface area (Å²) >= 11 is 0. The molecule has 0 spiro atoms. The maximum absolute atomic E-state index is 12.3. The molecule has 29 heavy (non-hydrogen) atoms. The Morgan fingerprint density at radius 1 is 0.966 bits per heavy atom. The number of rotatable bonds is 9. The third kappa shape index (κ3) is 5.61. The first kappa shape index (κ1) is 21.9. The molecular weight excluding hydrogens is 358 g/mol. The molecule has 0 aliphatic carbocycles. The van der Waals surface area contributed by atoms with Gasteiger partial charge in [-0.3, -0.25) is 0 Å². The molecule has 2 aromatic rings. The van der Waals surface area contributed by atoms with Crippen LogP contribution in [0.15, 0.2) is 54.6 Å². The lowest BCUT2D eigenvalue weighted by Crippen LogP contribution is -2.43. The number of nitrogens with zero attached hydrogens (tertiary/aromatic N) is 1. The minimum absolute atomic E-state index is 0.0298. The van der Waals surface area contributed by atoms with Crippen LogP contribution >= 0.6 is 0 Å². The van der Waals surface area contributed by atoms with Crippen LogP contribution in [0.3, 0.4) is 0 Å². The Kier molecular flexibility index (Phi) is 7.74. The molecule has 3 heteroatoms. The first-order chi connectivity index (χ1) is 14.0. The summed E-state index contributed by atoms with van der Waals surface area (Å²) in [5, 5.41) is 12.3. The van der Waals surface area contributed by atoms with Gasteiger partial charge in [-0.25, -0.2) is 0 Å². The molecule has 3 nitrogen and oxygen atoms in total. The Morgan fingerprint density at radius 2 is 1.62 bits per heavy atom. The third-order valence-electron chi connectivity index (χ3n) is 6.05. The van der Waals surface area contributed by atoms with Crippen molar-refractivity contribution in [3.63, 3.8) is 0 Å². The zero-order chi connectivity index (χ0) is 20.7. The molecule has 2 unspecified atom stereocenters. The minimum Gasteiger partial charge on any atom is -0.494 e. The van der Waals surface area contributed by atoms with Crippen molar-refractivity contribution < 1.29 is 9.84 Å². The predicted octanol–water partition coefficient (Wildman–Crippen LogP) is 5.59. The largest absolute Gasteiger partial charge is 0.494 e. The van der Waals surface area contributed by atoms with Crippen molar-refractivity contribution in [2.24, 2.45) is 5.92 Å². The highest BCUT2D eigenvalue weighted by Crippen LogP contribution is 2.43. The van der Waals surface area contributed by atoms with Crippen molar-refractivity contribution in [2.45, 2.75) is 58.0 Å². The molecule has 1 aliphatic heterocycles. The Hall–Kier alpha value is -1.84. The Labute approximate surface area is 176 Å². The van der Waals surface area contributed by atoms with E-state index in [4.69, 9.17) is 4.74 Å². The topological polar surface area (TPSA) is 32.7 Å². The van der Waals surface area contributed by atoms with E-state index in [9.17, 15) is 5.11 Å². The summed E-state index contributed by atoms with van der Waals surface area (Å²) in [6.45, 7) is 10.2. The third-order valence-corrected chi connectivity index (χ3v) is 6.05. The summed E-state index contributed by atoms with van der Waals surface area (Å²) in [5.41, 5.74) is 1.29. The molecular formula is C26H37NO2. The van der Waals surface area contributed by atoms with Crippen LogP contribution in [-0.2, 0) is 5.60 Å². The Bertz CT molecular complexity index is 722. The van der Waals surface area contributed by atoms with E-state index in [1.165, 1.54) is 24.8 Å². The lowest BCUT2D eigenvalue weighted by Gasteiger charge is -2.42. The number of hydrogen-bond donors (Lipinski definition) is 1. The molecule has 2 aromatic carbocycles. The normalized spacial score (nSPS) is 18.4. The van der Waals surface area contributed by atoms with Crippen LogP contribution in [0.25, 0.3) is 0 Å². The second kappa shape index (κ2) is 10.3. The molecule has 3 rings (SSSR count). The molecule has 1 heterocycles. The second-order valence-corrected chi connectivity index (χ2v) is 8.80. The fourth-order valence-corrected chi connectivity index (χ4v) is 4.71. The molecule has 1 N–H and O–H groups in total. The monoisotopic (exact) mass is 395 g/mol. The van der Waals surface area contributed by atoms with E-state index >= 15 is 0 Å². The lowest BCUT2D eigenvalue weighted by atomic mass is 9.72. The zero-order valence-corrected chi connectivity index (χ0v) is 18.3. The van der Waals surface area contributed by atoms with E-state index in [2.05, 4.69) is 61.2 Å². The Morgan fingerprint density at radius 3 is 2.21 bits per heavy atom. The number of likely N-dealkylation sites (tertiary alicyclic amines) is 1. The molecule has 1 fully saturated rings. The van der Waals surface area contributed by atoms with Crippen molar-refractivity contribution in [3.8, 4) is 5.75 Å². The molecule has 0 saturated carbocycles. The van der Waals surface area contributed by atoms with Crippen LogP contribution in [0.4, 0.5) is 0 Å². The summed E-state index contributed by atoms with van der Waals surface area (Å²) in [6, 6.07) is 18.7. The molecule has 1 saturated heterocycles. The van der Waals surface area contributed by atoms with E-state index in [-0.39, 0.29) is 5.92 Å². The van der Waals surface area contributed by atoms with Crippen LogP contribution in [0.1, 0.15) is 63.5 Å². The highest BCUT2D eigenvalue weighted by molar-refractivity contribution is 5.35. The van der Waals surface area contributed by atoms with Gasteiger partial charge in [-0.15, -0.1) is 0 Å². The summed E-state index contributed by atoms with van der Waals surface area (Å²) in [6.07, 6.45) is 4.57. The standard InChI is InChI=1S/C26H37NO2/c1-4-29-24-15-13-23(14-16-24)26(28,19-21(2)3)25(22-11-7-5-8-12-22)20-27-17-9-6-10-18-27/h5,7-8,11-16,21,25,28H,4,6,9-10,17-20H2,1-3H3. The van der Waals surface area contributed by atoms with E-state index in [0.29, 0.717) is 12.5 Å². The predicted molar refractivity (Wildman–Crippen MR) is 120 cm³/mol. The van der Waals surface area contributed by atoms with Gasteiger partial charge in [0.1, 0.15) is 5.75 Å². The first-order valence-electron chi connectivity index (χ1n) is 11.3. The van der Waals surface area contributed by atoms with Crippen LogP contribution in [-0.4, -0.2) is 36.2 Å². The van der Waals surface area contributed by atoms with Gasteiger partial charge in [-0.2, -0.15) is 0 Å². The van der Waals surface area contributed by atoms with Gasteiger partial charge < -0.3 is 14.7 Å². The van der Waals surface area contributed by atoms with E-state index < -0.39 is 5.60 Å². The fourth-order valence-electron chi connectivity index (χ4n) is 4.71. The van der Waals surface area contributed by atoms with Crippen LogP contribution in [0.2, 0.25) is 0 Å². The van der Waals surface area contributed by atoms with Crippen LogP contribution in [0, 0.1) is 5.92 Å². The van der Waals surface area contributed by atoms with Crippen molar-refractivity contribution in [1.29, 1.82) is 0 Å². The quantitative estimate of drug-likeness (QED) is 0.601. The average Bonchev–Trinajstić information content (AvgIpc) is 2.73. The van der Waals surface area contributed by atoms with E-state index in [1.807, 2.05) is 19.1 Å². The number of ether oxygens (including phenoxy) is 1. The number of piperidine rings is 1. The fraction of sp³-hybridized carbons (Fsp3) is 0.538. The van der Waals surface area contributed by atoms with Crippen molar-refractivity contribution in [1.82, 2.24) is 4.90 Å². The van der Waals surface area contributed by atoms with Crippen LogP contribution < -0.4 is 4.74 Å². The van der Waals surface area contributed by atoms with Gasteiger partial charge in [-0.1, -0.05) is 62.7 Å². The highest BCUT2D eigenvalue weighted by atomic mass is 16.5. The summed E-state index contributed by atoms with van der Waals surface area (Å²) < 4.78 is 5.63. The zero-order valence-electron chi connectivity index (χ0n) is 18.3. The van der Waals surface area contributed by atoms with Gasteiger partial charge in [0.15, 0.2) is 0 Å². The number of aliphatic hydroxyl groups is 1. The van der Waals surface area contributed by atoms with Crippen LogP contribution in [0.5, 0.6) is 5.75 Å². The summed E-state index contributed by atoms with van der Waals surface area (Å²) in [5.74, 6) is 1.27. The summed E-state index contributed by atoms with van der Waals surface area (Å²) in [4.78, 5) is 2.54. The second-order valence-electron chi connectivity index (χ2n) is 8.80. The SMILES string of the molecule is CCOc1ccc(C(O)(CC(C)C)C(CN2CCCCC2)c2ccccc2)cc1. The lowest BCUT2D eigenvalue weighted by molar-refractivity contribution is -0.0245. The molecule has 0 amide bonds. The van der Waals surface area contributed by atoms with Crippen molar-refractivity contribution >= 4 is 0 Å². The van der Waals surface area contributed by atoms with Gasteiger partial charge in [0.05, 0.1) is 12.2 Å². The van der Waals surface area contributed by atoms with Gasteiger partial charge >= 0.3 is 0 Å². The highest BCUT2D eigenvalue weighted by Gasteiger charge is 2.41. The molecule has 0 bridgehead atoms. The molecule has 0 aromatic heterocycles. The van der Waals surface area contributed by atoms with Gasteiger partial charge in [0.2, 0.25) is 0 Å². The molecule has 1 aliphatic rings. The number of hydrogen-bond acceptors (Lipinski definition) is 3. The van der Waals surface area contributed by atoms with Gasteiger partial charge in [-0.05, 0) is 68.5 Å². The maximum Gasteiger partial charge on any atom is 0.119 e. The molecule has 0 radical (unpaired) electrons. The van der Waals surface area contributed by atoms with E-state index in [1.54, 1.807) is 0 Å². The Balaban J connectivity index is 1.99. The van der Waals surface area contributed by atoms with Crippen molar-refractivity contribution in [2.75, 3.05) is 26.2 Å². The average molecular weight is 396 g/mol. The maximum atomic E-state index is 12.3. The smallest absolute Gasteiger partial charge is 0.119 e. The molecule has 2 atom stereocenters. The van der Waals surface area contributed by atoms with Gasteiger partial charge in [0.25, 0.3) is 0 Å². The first-order valence-corrected chi connectivity index (χ1v) is 11.3. The van der Waals surface area contributed by atoms with Gasteiger partial charge in [0, 0.05) is 12.5 Å². The van der Waals surface area contributed by atoms with Crippen molar-refractivity contribution in [3.05, 3.63) is 65.7 Å². The number of benzene rings is 2. The minimum atomic E-state index is -0.919. The molecule has 158 valence electrons.